The van der Waals surface area contributed by atoms with Crippen molar-refractivity contribution in [3.05, 3.63) is 29.0 Å². The van der Waals surface area contributed by atoms with E-state index in [-0.39, 0.29) is 22.5 Å². The predicted octanol–water partition coefficient (Wildman–Crippen LogP) is 4.80. The van der Waals surface area contributed by atoms with Crippen molar-refractivity contribution in [2.24, 2.45) is 0 Å². The van der Waals surface area contributed by atoms with Gasteiger partial charge in [-0.3, -0.25) is 9.12 Å². The quantitative estimate of drug-likeness (QED) is 0.483. The van der Waals surface area contributed by atoms with E-state index in [1.165, 1.54) is 0 Å². The molecular weight excluding hydrogens is 480 g/mol. The number of piperidine rings is 1. The van der Waals surface area contributed by atoms with Crippen molar-refractivity contribution in [1.29, 1.82) is 0 Å². The lowest BCUT2D eigenvalue weighted by molar-refractivity contribution is 0.150. The number of alkyl halides is 2. The van der Waals surface area contributed by atoms with Crippen molar-refractivity contribution in [2.75, 3.05) is 27.2 Å². The first-order chi connectivity index (χ1) is 16.2. The summed E-state index contributed by atoms with van der Waals surface area (Å²) in [6.07, 6.45) is 5.11. The summed E-state index contributed by atoms with van der Waals surface area (Å²) in [7, 11) is 3.54. The van der Waals surface area contributed by atoms with Crippen LogP contribution in [0.25, 0.3) is 16.3 Å². The number of nitrogens with zero attached hydrogens (tertiary/aromatic N) is 6. The standard InChI is InChI=1S/C22H27F2N7OS2/c1-22(6-7-22)28-34-14-10-15(13-4-8-30(9-5-13)21(32)29(2)3)16-11-25-18(31(16)12-14)20-27-26-19(33-20)17(23)24/h10-13,17,28H,4-9H2,1-3H3. The molecule has 8 nitrogen and oxygen atoms in total. The van der Waals surface area contributed by atoms with Gasteiger partial charge in [0.05, 0.1) is 11.7 Å². The molecule has 2 amide bonds. The van der Waals surface area contributed by atoms with Gasteiger partial charge in [0.15, 0.2) is 15.8 Å². The Kier molecular flexibility index (Phi) is 6.23. The molecule has 5 rings (SSSR count). The molecule has 1 saturated carbocycles. The van der Waals surface area contributed by atoms with Crippen LogP contribution in [0.4, 0.5) is 13.6 Å². The molecular formula is C22H27F2N7OS2. The number of carbonyl (C=O) groups is 1. The van der Waals surface area contributed by atoms with Crippen LogP contribution in [0, 0.1) is 0 Å². The number of fused-ring (bicyclic) bond motifs is 1. The molecule has 0 atom stereocenters. The number of rotatable bonds is 6. The molecule has 34 heavy (non-hydrogen) atoms. The van der Waals surface area contributed by atoms with Gasteiger partial charge in [0.25, 0.3) is 6.43 Å². The Morgan fingerprint density at radius 3 is 2.65 bits per heavy atom. The van der Waals surface area contributed by atoms with Crippen molar-refractivity contribution in [3.8, 4) is 10.8 Å². The topological polar surface area (TPSA) is 78.7 Å². The maximum absolute atomic E-state index is 13.1. The molecule has 4 heterocycles. The Morgan fingerprint density at radius 2 is 2.03 bits per heavy atom. The van der Waals surface area contributed by atoms with E-state index in [0.717, 1.165) is 53.0 Å². The fourth-order valence-corrected chi connectivity index (χ4v) is 5.79. The fraction of sp³-hybridized carbons (Fsp3) is 0.545. The Bertz CT molecular complexity index is 1200. The van der Waals surface area contributed by atoms with Gasteiger partial charge in [-0.25, -0.2) is 18.6 Å². The monoisotopic (exact) mass is 507 g/mol. The maximum Gasteiger partial charge on any atom is 0.319 e. The number of carbonyl (C=O) groups excluding carboxylic acids is 1. The van der Waals surface area contributed by atoms with Crippen LogP contribution in [0.3, 0.4) is 0 Å². The molecule has 182 valence electrons. The molecule has 1 N–H and O–H groups in total. The fourth-order valence-electron chi connectivity index (χ4n) is 4.19. The van der Waals surface area contributed by atoms with Gasteiger partial charge < -0.3 is 9.80 Å². The van der Waals surface area contributed by atoms with Gasteiger partial charge in [-0.05, 0) is 62.1 Å². The molecule has 0 radical (unpaired) electrons. The molecule has 1 aliphatic carbocycles. The minimum atomic E-state index is -2.65. The number of halogens is 2. The zero-order chi connectivity index (χ0) is 24.0. The smallest absolute Gasteiger partial charge is 0.319 e. The molecule has 2 aliphatic rings. The van der Waals surface area contributed by atoms with Crippen LogP contribution >= 0.6 is 23.3 Å². The SMILES string of the molecule is CN(C)C(=O)N1CCC(c2cc(SNC3(C)CC3)cn3c(-c4nnc(C(F)F)s4)ncc23)CC1. The number of pyridine rings is 1. The molecule has 0 unspecified atom stereocenters. The van der Waals surface area contributed by atoms with Gasteiger partial charge >= 0.3 is 6.03 Å². The average Bonchev–Trinajstić information content (AvgIpc) is 3.20. The predicted molar refractivity (Wildman–Crippen MR) is 128 cm³/mol. The first-order valence-corrected chi connectivity index (χ1v) is 12.9. The molecule has 12 heteroatoms. The molecule has 3 aromatic rings. The number of aromatic nitrogens is 4. The van der Waals surface area contributed by atoms with Gasteiger partial charge in [0, 0.05) is 43.8 Å². The highest BCUT2D eigenvalue weighted by molar-refractivity contribution is 7.97. The van der Waals surface area contributed by atoms with Crippen LogP contribution in [-0.4, -0.2) is 68.1 Å². The molecule has 2 fully saturated rings. The zero-order valence-corrected chi connectivity index (χ0v) is 20.9. The second-order valence-electron chi connectivity index (χ2n) is 9.42. The van der Waals surface area contributed by atoms with Gasteiger partial charge in [-0.2, -0.15) is 0 Å². The lowest BCUT2D eigenvalue weighted by Crippen LogP contribution is -2.43. The number of amides is 2. The van der Waals surface area contributed by atoms with E-state index >= 15 is 0 Å². The third-order valence-corrected chi connectivity index (χ3v) is 8.45. The van der Waals surface area contributed by atoms with Gasteiger partial charge in [0.2, 0.25) is 0 Å². The highest BCUT2D eigenvalue weighted by atomic mass is 32.2. The number of hydrogen-bond acceptors (Lipinski definition) is 7. The van der Waals surface area contributed by atoms with Crippen LogP contribution in [0.2, 0.25) is 0 Å². The number of imidazole rings is 1. The second-order valence-corrected chi connectivity index (χ2v) is 11.3. The molecule has 0 spiro atoms. The summed E-state index contributed by atoms with van der Waals surface area (Å²) in [5.41, 5.74) is 2.24. The Hall–Kier alpha value is -2.31. The summed E-state index contributed by atoms with van der Waals surface area (Å²) in [6.45, 7) is 3.58. The van der Waals surface area contributed by atoms with Crippen LogP contribution in [0.15, 0.2) is 23.4 Å². The van der Waals surface area contributed by atoms with Gasteiger partial charge in [-0.1, -0.05) is 11.3 Å². The van der Waals surface area contributed by atoms with Crippen molar-refractivity contribution < 1.29 is 13.6 Å². The van der Waals surface area contributed by atoms with Crippen molar-refractivity contribution in [2.45, 2.75) is 55.4 Å². The number of hydrogen-bond donors (Lipinski definition) is 1. The summed E-state index contributed by atoms with van der Waals surface area (Å²) >= 11 is 2.46. The third kappa shape index (κ3) is 4.63. The van der Waals surface area contributed by atoms with Crippen molar-refractivity contribution in [3.63, 3.8) is 0 Å². The van der Waals surface area contributed by atoms with Crippen molar-refractivity contribution in [1.82, 2.24) is 34.1 Å². The number of nitrogens with one attached hydrogen (secondary N) is 1. The second kappa shape index (κ2) is 9.04. The van der Waals surface area contributed by atoms with E-state index < -0.39 is 6.43 Å². The van der Waals surface area contributed by atoms with Crippen LogP contribution in [-0.2, 0) is 0 Å². The highest BCUT2D eigenvalue weighted by Gasteiger charge is 2.37. The van der Waals surface area contributed by atoms with Gasteiger partial charge in [0.1, 0.15) is 0 Å². The normalized spacial score (nSPS) is 18.1. The first-order valence-electron chi connectivity index (χ1n) is 11.3. The summed E-state index contributed by atoms with van der Waals surface area (Å²) in [5, 5.41) is 7.68. The number of likely N-dealkylation sites (tertiary alicyclic amines) is 1. The van der Waals surface area contributed by atoms with Crippen LogP contribution in [0.1, 0.15) is 55.5 Å². The lowest BCUT2D eigenvalue weighted by Gasteiger charge is -2.34. The highest BCUT2D eigenvalue weighted by Crippen LogP contribution is 2.40. The van der Waals surface area contributed by atoms with E-state index in [4.69, 9.17) is 0 Å². The summed E-state index contributed by atoms with van der Waals surface area (Å²) in [5.74, 6) is 0.780. The van der Waals surface area contributed by atoms with E-state index in [1.54, 1.807) is 37.1 Å². The van der Waals surface area contributed by atoms with Crippen molar-refractivity contribution >= 4 is 34.8 Å². The molecule has 3 aromatic heterocycles. The van der Waals surface area contributed by atoms with E-state index in [0.29, 0.717) is 23.9 Å². The molecule has 0 aromatic carbocycles. The zero-order valence-electron chi connectivity index (χ0n) is 19.3. The summed E-state index contributed by atoms with van der Waals surface area (Å²) < 4.78 is 31.7. The molecule has 1 saturated heterocycles. The average molecular weight is 508 g/mol. The third-order valence-electron chi connectivity index (χ3n) is 6.47. The minimum absolute atomic E-state index is 0.0347. The molecule has 0 bridgehead atoms. The van der Waals surface area contributed by atoms with E-state index in [2.05, 4.69) is 32.9 Å². The lowest BCUT2D eigenvalue weighted by atomic mass is 9.89. The van der Waals surface area contributed by atoms with Crippen LogP contribution in [0.5, 0.6) is 0 Å². The maximum atomic E-state index is 13.1. The Balaban J connectivity index is 1.48. The first kappa shape index (κ1) is 23.4. The Morgan fingerprint density at radius 1 is 1.29 bits per heavy atom. The largest absolute Gasteiger partial charge is 0.331 e. The van der Waals surface area contributed by atoms with E-state index in [1.807, 2.05) is 15.5 Å². The summed E-state index contributed by atoms with van der Waals surface area (Å²) in [6, 6.07) is 2.23. The number of urea groups is 1. The Labute approximate surface area is 204 Å². The summed E-state index contributed by atoms with van der Waals surface area (Å²) in [4.78, 5) is 21.4. The minimum Gasteiger partial charge on any atom is -0.331 e. The van der Waals surface area contributed by atoms with E-state index in [9.17, 15) is 13.6 Å². The van der Waals surface area contributed by atoms with Crippen LogP contribution < -0.4 is 4.72 Å². The van der Waals surface area contributed by atoms with Gasteiger partial charge in [-0.15, -0.1) is 10.2 Å². The molecule has 1 aliphatic heterocycles.